The molecule has 0 heterocycles. The Hall–Kier alpha value is -1.62. The topological polar surface area (TPSA) is 61.8 Å². The van der Waals surface area contributed by atoms with Crippen LogP contribution in [-0.4, -0.2) is 38.4 Å². The maximum absolute atomic E-state index is 11.8. The Balaban J connectivity index is 3.71. The molecule has 0 saturated carbocycles. The molecule has 0 aromatic rings. The summed E-state index contributed by atoms with van der Waals surface area (Å²) in [5.74, 6) is -0.906. The molecule has 0 saturated heterocycles. The molecular weight excluding hydrogens is 344 g/mol. The third-order valence-corrected chi connectivity index (χ3v) is 4.09. The van der Waals surface area contributed by atoms with Crippen molar-refractivity contribution in [2.24, 2.45) is 0 Å². The summed E-state index contributed by atoms with van der Waals surface area (Å²) >= 11 is 0. The van der Waals surface area contributed by atoms with Crippen molar-refractivity contribution in [3.05, 3.63) is 24.3 Å². The van der Waals surface area contributed by atoms with Gasteiger partial charge in [0.1, 0.15) is 0 Å². The highest BCUT2D eigenvalue weighted by atomic mass is 16.5. The van der Waals surface area contributed by atoms with E-state index in [9.17, 15) is 9.59 Å². The Morgan fingerprint density at radius 1 is 0.630 bits per heavy atom. The van der Waals surface area contributed by atoms with Crippen molar-refractivity contribution in [3.8, 4) is 0 Å². The van der Waals surface area contributed by atoms with Gasteiger partial charge in [-0.15, -0.1) is 0 Å². The van der Waals surface area contributed by atoms with Crippen LogP contribution in [0.25, 0.3) is 0 Å². The van der Waals surface area contributed by atoms with Gasteiger partial charge < -0.3 is 14.2 Å². The molecular formula is C22H38O5. The van der Waals surface area contributed by atoms with Crippen LogP contribution < -0.4 is 0 Å². The van der Waals surface area contributed by atoms with E-state index in [-0.39, 0.29) is 24.4 Å². The van der Waals surface area contributed by atoms with Gasteiger partial charge in [0.05, 0.1) is 37.6 Å². The summed E-state index contributed by atoms with van der Waals surface area (Å²) < 4.78 is 15.6. The number of carbonyl (C=O) groups is 2. The summed E-state index contributed by atoms with van der Waals surface area (Å²) in [5.41, 5.74) is 0.473. The van der Waals surface area contributed by atoms with Crippen LogP contribution in [0.1, 0.15) is 78.1 Å². The lowest BCUT2D eigenvalue weighted by Gasteiger charge is -2.10. The number of esters is 2. The molecule has 0 N–H and O–H groups in total. The van der Waals surface area contributed by atoms with Crippen molar-refractivity contribution in [2.45, 2.75) is 78.1 Å². The fraction of sp³-hybridized carbons (Fsp3) is 0.727. The third-order valence-electron chi connectivity index (χ3n) is 4.09. The van der Waals surface area contributed by atoms with E-state index in [1.807, 2.05) is 0 Å². The van der Waals surface area contributed by atoms with Gasteiger partial charge in [-0.1, -0.05) is 78.4 Å². The normalized spacial score (nSPS) is 10.4. The zero-order valence-corrected chi connectivity index (χ0v) is 17.4. The lowest BCUT2D eigenvalue weighted by atomic mass is 10.2. The van der Waals surface area contributed by atoms with Crippen LogP contribution in [0.3, 0.4) is 0 Å². The number of hydrogen-bond donors (Lipinski definition) is 0. The molecule has 0 bridgehead atoms. The predicted molar refractivity (Wildman–Crippen MR) is 109 cm³/mol. The number of ether oxygens (including phenoxy) is 3. The smallest absolute Gasteiger partial charge is 0.335 e. The second-order valence-electron chi connectivity index (χ2n) is 6.80. The highest BCUT2D eigenvalue weighted by molar-refractivity contribution is 5.88. The van der Waals surface area contributed by atoms with E-state index >= 15 is 0 Å². The maximum Gasteiger partial charge on any atom is 0.335 e. The number of hydrogen-bond acceptors (Lipinski definition) is 5. The average Bonchev–Trinajstić information content (AvgIpc) is 2.66. The summed E-state index contributed by atoms with van der Waals surface area (Å²) in [7, 11) is 0. The molecule has 0 radical (unpaired) electrons. The Bertz CT molecular complexity index is 402. The lowest BCUT2D eigenvalue weighted by Crippen LogP contribution is -2.16. The van der Waals surface area contributed by atoms with E-state index in [4.69, 9.17) is 14.2 Å². The molecule has 0 rings (SSSR count). The molecule has 27 heavy (non-hydrogen) atoms. The summed E-state index contributed by atoms with van der Waals surface area (Å²) in [5, 5.41) is 0. The lowest BCUT2D eigenvalue weighted by molar-refractivity contribution is -0.139. The number of carbonyl (C=O) groups excluding carboxylic acids is 2. The molecule has 0 fully saturated rings. The summed E-state index contributed by atoms with van der Waals surface area (Å²) in [6, 6.07) is 0. The highest BCUT2D eigenvalue weighted by Gasteiger charge is 2.12. The van der Waals surface area contributed by atoms with Crippen LogP contribution in [0, 0.1) is 0 Å². The van der Waals surface area contributed by atoms with Gasteiger partial charge in [0.2, 0.25) is 0 Å². The fourth-order valence-electron chi connectivity index (χ4n) is 2.36. The zero-order valence-electron chi connectivity index (χ0n) is 17.4. The van der Waals surface area contributed by atoms with Gasteiger partial charge in [0, 0.05) is 0 Å². The molecule has 0 aromatic carbocycles. The minimum atomic E-state index is -0.453. The van der Waals surface area contributed by atoms with E-state index in [2.05, 4.69) is 27.0 Å². The Morgan fingerprint density at radius 2 is 1.00 bits per heavy atom. The predicted octanol–water partition coefficient (Wildman–Crippen LogP) is 5.14. The molecule has 0 aliphatic heterocycles. The first-order chi connectivity index (χ1) is 13.0. The molecule has 0 spiro atoms. The van der Waals surface area contributed by atoms with Gasteiger partial charge in [-0.05, 0) is 12.8 Å². The standard InChI is InChI=1S/C22H38O5/c1-5-7-9-11-13-15-26-21(23)19(3)17-25-18-20(4)22(24)27-16-14-12-10-8-6-2/h3-18H2,1-2H3. The quantitative estimate of drug-likeness (QED) is 0.186. The van der Waals surface area contributed by atoms with E-state index in [1.165, 1.54) is 25.7 Å². The van der Waals surface area contributed by atoms with E-state index < -0.39 is 11.9 Å². The molecule has 0 aliphatic rings. The number of rotatable bonds is 18. The first-order valence-corrected chi connectivity index (χ1v) is 10.3. The van der Waals surface area contributed by atoms with E-state index in [0.29, 0.717) is 13.2 Å². The van der Waals surface area contributed by atoms with Gasteiger partial charge in [-0.25, -0.2) is 9.59 Å². The van der Waals surface area contributed by atoms with Crippen LogP contribution in [0.5, 0.6) is 0 Å². The molecule has 0 aromatic heterocycles. The first-order valence-electron chi connectivity index (χ1n) is 10.3. The molecule has 0 amide bonds. The zero-order chi connectivity index (χ0) is 20.3. The molecule has 0 aliphatic carbocycles. The minimum absolute atomic E-state index is 0.0119. The fourth-order valence-corrected chi connectivity index (χ4v) is 2.36. The molecule has 0 atom stereocenters. The van der Waals surface area contributed by atoms with Crippen LogP contribution in [-0.2, 0) is 23.8 Å². The van der Waals surface area contributed by atoms with Gasteiger partial charge in [-0.3, -0.25) is 0 Å². The van der Waals surface area contributed by atoms with Crippen LogP contribution in [0.4, 0.5) is 0 Å². The SMILES string of the molecule is C=C(COCC(=C)C(=O)OCCCCCCC)C(=O)OCCCCCCC. The van der Waals surface area contributed by atoms with Crippen molar-refractivity contribution in [2.75, 3.05) is 26.4 Å². The summed E-state index contributed by atoms with van der Waals surface area (Å²) in [6.07, 6.45) is 11.0. The highest BCUT2D eigenvalue weighted by Crippen LogP contribution is 2.06. The Kier molecular flexibility index (Phi) is 16.7. The van der Waals surface area contributed by atoms with E-state index in [1.54, 1.807) is 0 Å². The average molecular weight is 383 g/mol. The Labute approximate surface area is 165 Å². The van der Waals surface area contributed by atoms with Crippen LogP contribution in [0.15, 0.2) is 24.3 Å². The Morgan fingerprint density at radius 3 is 1.37 bits per heavy atom. The summed E-state index contributed by atoms with van der Waals surface area (Å²) in [4.78, 5) is 23.6. The van der Waals surface area contributed by atoms with Gasteiger partial charge >= 0.3 is 11.9 Å². The van der Waals surface area contributed by atoms with Crippen molar-refractivity contribution >= 4 is 11.9 Å². The largest absolute Gasteiger partial charge is 0.462 e. The third kappa shape index (κ3) is 15.2. The van der Waals surface area contributed by atoms with Crippen molar-refractivity contribution in [1.29, 1.82) is 0 Å². The van der Waals surface area contributed by atoms with Crippen LogP contribution in [0.2, 0.25) is 0 Å². The van der Waals surface area contributed by atoms with Crippen molar-refractivity contribution in [1.82, 2.24) is 0 Å². The summed E-state index contributed by atoms with van der Waals surface area (Å²) in [6.45, 7) is 12.5. The monoisotopic (exact) mass is 382 g/mol. The molecule has 0 unspecified atom stereocenters. The van der Waals surface area contributed by atoms with Crippen molar-refractivity contribution < 1.29 is 23.8 Å². The van der Waals surface area contributed by atoms with Crippen molar-refractivity contribution in [3.63, 3.8) is 0 Å². The van der Waals surface area contributed by atoms with E-state index in [0.717, 1.165) is 38.5 Å². The van der Waals surface area contributed by atoms with Gasteiger partial charge in [0.15, 0.2) is 0 Å². The second-order valence-corrected chi connectivity index (χ2v) is 6.80. The van der Waals surface area contributed by atoms with Crippen LogP contribution >= 0.6 is 0 Å². The first kappa shape index (κ1) is 25.4. The molecule has 5 nitrogen and oxygen atoms in total. The number of unbranched alkanes of at least 4 members (excludes halogenated alkanes) is 8. The second kappa shape index (κ2) is 17.8. The molecule has 156 valence electrons. The minimum Gasteiger partial charge on any atom is -0.462 e. The maximum atomic E-state index is 11.8. The molecule has 5 heteroatoms. The van der Waals surface area contributed by atoms with Gasteiger partial charge in [0.25, 0.3) is 0 Å². The van der Waals surface area contributed by atoms with Gasteiger partial charge in [-0.2, -0.15) is 0 Å².